The van der Waals surface area contributed by atoms with Gasteiger partial charge in [-0.1, -0.05) is 42.5 Å². The van der Waals surface area contributed by atoms with Crippen molar-refractivity contribution in [3.8, 4) is 11.5 Å². The fourth-order valence-corrected chi connectivity index (χ4v) is 4.98. The Bertz CT molecular complexity index is 1740. The van der Waals surface area contributed by atoms with E-state index in [1.165, 1.54) is 48.5 Å². The Morgan fingerprint density at radius 1 is 0.660 bits per heavy atom. The second kappa shape index (κ2) is 15.4. The largest absolute Gasteiger partial charge is 0.508 e. The first-order chi connectivity index (χ1) is 22.4. The van der Waals surface area contributed by atoms with Gasteiger partial charge in [-0.15, -0.1) is 0 Å². The number of phenols is 2. The molecule has 4 atom stereocenters. The lowest BCUT2D eigenvalue weighted by Gasteiger charge is -2.25. The van der Waals surface area contributed by atoms with Crippen molar-refractivity contribution in [2.45, 2.75) is 49.9 Å². The van der Waals surface area contributed by atoms with Gasteiger partial charge in [0.25, 0.3) is 0 Å². The molecule has 0 aliphatic carbocycles. The van der Waals surface area contributed by atoms with E-state index in [1.54, 1.807) is 6.20 Å². The summed E-state index contributed by atoms with van der Waals surface area (Å²) < 4.78 is 0. The zero-order valence-corrected chi connectivity index (χ0v) is 25.1. The van der Waals surface area contributed by atoms with E-state index in [1.807, 2.05) is 24.3 Å². The lowest BCUT2D eigenvalue weighted by Crippen LogP contribution is -2.58. The van der Waals surface area contributed by atoms with Crippen molar-refractivity contribution in [3.05, 3.63) is 95.7 Å². The third-order valence-corrected chi connectivity index (χ3v) is 7.46. The lowest BCUT2D eigenvalue weighted by atomic mass is 10.0. The van der Waals surface area contributed by atoms with Gasteiger partial charge in [0.05, 0.1) is 12.5 Å². The zero-order valence-electron chi connectivity index (χ0n) is 25.1. The molecule has 4 aromatic rings. The maximum atomic E-state index is 13.6. The number of nitrogens with two attached hydrogens (primary N) is 1. The molecule has 0 aliphatic heterocycles. The van der Waals surface area contributed by atoms with Crippen LogP contribution in [-0.2, 0) is 43.2 Å². The Hall–Kier alpha value is -5.89. The van der Waals surface area contributed by atoms with E-state index in [-0.39, 0.29) is 30.8 Å². The van der Waals surface area contributed by atoms with Gasteiger partial charge in [0.2, 0.25) is 17.7 Å². The first kappa shape index (κ1) is 34.0. The summed E-state index contributed by atoms with van der Waals surface area (Å²) in [5.74, 6) is -5.60. The van der Waals surface area contributed by atoms with Gasteiger partial charge in [0.15, 0.2) is 0 Å². The van der Waals surface area contributed by atoms with Crippen molar-refractivity contribution in [1.29, 1.82) is 0 Å². The fraction of sp³-hybridized carbons (Fsp3) is 0.242. The number of H-pyrrole nitrogens is 1. The third-order valence-electron chi connectivity index (χ3n) is 7.46. The van der Waals surface area contributed by atoms with Crippen molar-refractivity contribution in [1.82, 2.24) is 20.9 Å². The van der Waals surface area contributed by atoms with Gasteiger partial charge < -0.3 is 47.1 Å². The van der Waals surface area contributed by atoms with Crippen LogP contribution in [0.25, 0.3) is 10.9 Å². The van der Waals surface area contributed by atoms with Crippen LogP contribution in [0.3, 0.4) is 0 Å². The second-order valence-electron chi connectivity index (χ2n) is 11.0. The first-order valence-electron chi connectivity index (χ1n) is 14.6. The predicted octanol–water partition coefficient (Wildman–Crippen LogP) is 0.948. The number of para-hydroxylation sites is 1. The molecule has 246 valence electrons. The number of rotatable bonds is 15. The summed E-state index contributed by atoms with van der Waals surface area (Å²) in [4.78, 5) is 66.7. The Balaban J connectivity index is 1.50. The predicted molar refractivity (Wildman–Crippen MR) is 169 cm³/mol. The Labute approximate surface area is 268 Å². The fourth-order valence-electron chi connectivity index (χ4n) is 4.98. The van der Waals surface area contributed by atoms with Crippen LogP contribution >= 0.6 is 0 Å². The number of benzene rings is 3. The van der Waals surface area contributed by atoms with Crippen LogP contribution in [0.4, 0.5) is 0 Å². The van der Waals surface area contributed by atoms with E-state index in [9.17, 15) is 44.4 Å². The van der Waals surface area contributed by atoms with Crippen molar-refractivity contribution in [3.63, 3.8) is 0 Å². The summed E-state index contributed by atoms with van der Waals surface area (Å²) in [5.41, 5.74) is 8.85. The molecule has 4 unspecified atom stereocenters. The average Bonchev–Trinajstić information content (AvgIpc) is 3.44. The smallest absolute Gasteiger partial charge is 0.326 e. The maximum absolute atomic E-state index is 13.6. The molecule has 0 saturated carbocycles. The number of fused-ring (bicyclic) bond motifs is 1. The molecule has 3 aromatic carbocycles. The summed E-state index contributed by atoms with van der Waals surface area (Å²) in [6, 6.07) is 13.3. The number of aromatic hydroxyl groups is 2. The van der Waals surface area contributed by atoms with Gasteiger partial charge in [-0.3, -0.25) is 19.2 Å². The molecule has 0 saturated heterocycles. The average molecular weight is 646 g/mol. The van der Waals surface area contributed by atoms with Gasteiger partial charge in [-0.25, -0.2) is 4.79 Å². The standard InChI is InChI=1S/C33H35N5O9/c34-24(15-20-17-35-25-4-2-1-3-23(20)25)30(43)36-26(13-18-5-9-21(39)10-6-18)31(44)37-27(16-29(41)42)32(45)38-28(33(46)47)14-19-7-11-22(40)12-8-19/h1-12,17,24,26-28,35,39-40H,13-16,34H2,(H,36,43)(H,37,44)(H,38,45)(H,41,42)(H,46,47). The van der Waals surface area contributed by atoms with E-state index in [0.717, 1.165) is 16.5 Å². The summed E-state index contributed by atoms with van der Waals surface area (Å²) in [7, 11) is 0. The number of nitrogens with one attached hydrogen (secondary N) is 4. The number of hydrogen-bond donors (Lipinski definition) is 9. The van der Waals surface area contributed by atoms with E-state index in [0.29, 0.717) is 11.1 Å². The quantitative estimate of drug-likeness (QED) is 0.0886. The molecule has 3 amide bonds. The van der Waals surface area contributed by atoms with Gasteiger partial charge >= 0.3 is 11.9 Å². The van der Waals surface area contributed by atoms with Crippen LogP contribution in [-0.4, -0.2) is 79.2 Å². The Morgan fingerprint density at radius 2 is 1.17 bits per heavy atom. The maximum Gasteiger partial charge on any atom is 0.326 e. The summed E-state index contributed by atoms with van der Waals surface area (Å²) in [5, 5.41) is 46.4. The summed E-state index contributed by atoms with van der Waals surface area (Å²) in [6.07, 6.45) is 0.675. The number of hydrogen-bond acceptors (Lipinski definition) is 8. The minimum absolute atomic E-state index is 0.0296. The normalized spacial score (nSPS) is 13.6. The number of phenolic OH excluding ortho intramolecular Hbond substituents is 2. The number of aliphatic carboxylic acids is 2. The molecule has 0 aliphatic rings. The van der Waals surface area contributed by atoms with Crippen LogP contribution in [0.5, 0.6) is 11.5 Å². The number of amides is 3. The molecule has 14 nitrogen and oxygen atoms in total. The van der Waals surface area contributed by atoms with E-state index in [4.69, 9.17) is 5.73 Å². The van der Waals surface area contributed by atoms with Crippen molar-refractivity contribution in [2.24, 2.45) is 5.73 Å². The molecule has 1 heterocycles. The molecule has 0 bridgehead atoms. The third kappa shape index (κ3) is 9.55. The summed E-state index contributed by atoms with van der Waals surface area (Å²) >= 11 is 0. The molecule has 0 radical (unpaired) electrons. The number of carboxylic acids is 2. The van der Waals surface area contributed by atoms with Gasteiger partial charge in [-0.2, -0.15) is 0 Å². The Kier molecular flexibility index (Phi) is 11.1. The van der Waals surface area contributed by atoms with Gasteiger partial charge in [0.1, 0.15) is 29.6 Å². The van der Waals surface area contributed by atoms with Crippen LogP contribution in [0.1, 0.15) is 23.1 Å². The van der Waals surface area contributed by atoms with E-state index >= 15 is 0 Å². The lowest BCUT2D eigenvalue weighted by molar-refractivity contribution is -0.143. The number of aromatic nitrogens is 1. The zero-order chi connectivity index (χ0) is 34.1. The highest BCUT2D eigenvalue weighted by Crippen LogP contribution is 2.19. The topological polar surface area (TPSA) is 244 Å². The Morgan fingerprint density at radius 3 is 1.74 bits per heavy atom. The van der Waals surface area contributed by atoms with Crippen LogP contribution in [0.15, 0.2) is 79.0 Å². The highest BCUT2D eigenvalue weighted by Gasteiger charge is 2.32. The SMILES string of the molecule is NC(Cc1c[nH]c2ccccc12)C(=O)NC(Cc1ccc(O)cc1)C(=O)NC(CC(=O)O)C(=O)NC(Cc1ccc(O)cc1)C(=O)O. The first-order valence-corrected chi connectivity index (χ1v) is 14.6. The van der Waals surface area contributed by atoms with E-state index < -0.39 is 60.2 Å². The highest BCUT2D eigenvalue weighted by atomic mass is 16.4. The molecule has 1 aromatic heterocycles. The minimum atomic E-state index is -1.71. The number of carboxylic acid groups (broad SMARTS) is 2. The monoisotopic (exact) mass is 645 g/mol. The summed E-state index contributed by atoms with van der Waals surface area (Å²) in [6.45, 7) is 0. The van der Waals surface area contributed by atoms with Crippen molar-refractivity contribution in [2.75, 3.05) is 0 Å². The van der Waals surface area contributed by atoms with Crippen LogP contribution in [0.2, 0.25) is 0 Å². The molecule has 0 spiro atoms. The molecule has 14 heteroatoms. The molecule has 4 rings (SSSR count). The molecule has 10 N–H and O–H groups in total. The molecule has 47 heavy (non-hydrogen) atoms. The molecular formula is C33H35N5O9. The number of carbonyl (C=O) groups is 5. The van der Waals surface area contributed by atoms with E-state index in [2.05, 4.69) is 20.9 Å². The van der Waals surface area contributed by atoms with Crippen LogP contribution in [0, 0.1) is 0 Å². The number of carbonyl (C=O) groups excluding carboxylic acids is 3. The molecule has 0 fully saturated rings. The second-order valence-corrected chi connectivity index (χ2v) is 11.0. The van der Waals surface area contributed by atoms with Crippen LogP contribution < -0.4 is 21.7 Å². The molecular weight excluding hydrogens is 610 g/mol. The van der Waals surface area contributed by atoms with Gasteiger partial charge in [-0.05, 0) is 53.4 Å². The van der Waals surface area contributed by atoms with Crippen molar-refractivity contribution < 1.29 is 44.4 Å². The highest BCUT2D eigenvalue weighted by molar-refractivity contribution is 5.96. The minimum Gasteiger partial charge on any atom is -0.508 e. The van der Waals surface area contributed by atoms with Gasteiger partial charge in [0, 0.05) is 29.9 Å². The van der Waals surface area contributed by atoms with Crippen molar-refractivity contribution >= 4 is 40.6 Å². The number of aromatic amines is 1.